The lowest BCUT2D eigenvalue weighted by molar-refractivity contribution is -0.127. The van der Waals surface area contributed by atoms with Gasteiger partial charge >= 0.3 is 0 Å². The fourth-order valence-corrected chi connectivity index (χ4v) is 4.45. The average Bonchev–Trinajstić information content (AvgIpc) is 2.89. The highest BCUT2D eigenvalue weighted by Gasteiger charge is 2.35. The first-order valence-corrected chi connectivity index (χ1v) is 10.6. The number of amides is 3. The van der Waals surface area contributed by atoms with Crippen molar-refractivity contribution in [2.75, 3.05) is 6.54 Å². The van der Waals surface area contributed by atoms with Crippen LogP contribution in [0.4, 0.5) is 4.79 Å². The Kier molecular flexibility index (Phi) is 7.21. The van der Waals surface area contributed by atoms with Gasteiger partial charge < -0.3 is 10.5 Å². The Labute approximate surface area is 195 Å². The fraction of sp³-hybridized carbons (Fsp3) is 0.105. The van der Waals surface area contributed by atoms with Crippen LogP contribution in [0.1, 0.15) is 11.1 Å². The maximum atomic E-state index is 12.3. The molecule has 3 rings (SSSR count). The smallest absolute Gasteiger partial charge is 0.294 e. The predicted molar refractivity (Wildman–Crippen MR) is 119 cm³/mol. The third kappa shape index (κ3) is 5.22. The van der Waals surface area contributed by atoms with E-state index < -0.39 is 23.6 Å². The number of rotatable bonds is 6. The quantitative estimate of drug-likeness (QED) is 0.530. The summed E-state index contributed by atoms with van der Waals surface area (Å²) >= 11 is 25.3. The second-order valence-electron chi connectivity index (χ2n) is 6.07. The monoisotopic (exact) mass is 504 g/mol. The third-order valence-corrected chi connectivity index (χ3v) is 5.95. The van der Waals surface area contributed by atoms with Gasteiger partial charge in [0.2, 0.25) is 5.91 Å². The summed E-state index contributed by atoms with van der Waals surface area (Å²) in [7, 11) is 0. The van der Waals surface area contributed by atoms with E-state index in [-0.39, 0.29) is 27.3 Å². The first kappa shape index (κ1) is 22.8. The molecule has 1 heterocycles. The van der Waals surface area contributed by atoms with Gasteiger partial charge in [-0.3, -0.25) is 19.3 Å². The van der Waals surface area contributed by atoms with Crippen LogP contribution in [0.15, 0.2) is 35.2 Å². The van der Waals surface area contributed by atoms with Gasteiger partial charge in [0.25, 0.3) is 11.1 Å². The molecule has 0 saturated carbocycles. The topological polar surface area (TPSA) is 89.7 Å². The molecule has 1 aliphatic heterocycles. The molecule has 2 aromatic rings. The second-order valence-corrected chi connectivity index (χ2v) is 8.72. The summed E-state index contributed by atoms with van der Waals surface area (Å²) in [4.78, 5) is 36.1. The van der Waals surface area contributed by atoms with Crippen molar-refractivity contribution >= 4 is 81.3 Å². The van der Waals surface area contributed by atoms with E-state index in [0.29, 0.717) is 32.9 Å². The van der Waals surface area contributed by atoms with Crippen molar-refractivity contribution in [3.8, 4) is 5.75 Å². The van der Waals surface area contributed by atoms with Crippen LogP contribution in [0, 0.1) is 0 Å². The maximum absolute atomic E-state index is 12.3. The number of ether oxygens (including phenoxy) is 1. The van der Waals surface area contributed by atoms with Crippen molar-refractivity contribution in [2.45, 2.75) is 6.61 Å². The second kappa shape index (κ2) is 9.49. The summed E-state index contributed by atoms with van der Waals surface area (Å²) in [5, 5.41) is 0.773. The number of thioether (sulfide) groups is 1. The molecule has 2 aromatic carbocycles. The number of nitrogens with zero attached hydrogens (tertiary/aromatic N) is 1. The molecule has 6 nitrogen and oxygen atoms in total. The van der Waals surface area contributed by atoms with E-state index in [9.17, 15) is 14.4 Å². The van der Waals surface area contributed by atoms with Crippen LogP contribution in [-0.2, 0) is 16.2 Å². The van der Waals surface area contributed by atoms with Gasteiger partial charge in [-0.25, -0.2) is 0 Å². The summed E-state index contributed by atoms with van der Waals surface area (Å²) in [6.45, 7) is -0.371. The molecule has 2 N–H and O–H groups in total. The number of hydrogen-bond donors (Lipinski definition) is 1. The SMILES string of the molecule is NC(=O)CN1C(=O)S/C(=C\c2cc(Cl)c(OCc3ccc(Cl)cc3Cl)c(Cl)c2)C1=O. The van der Waals surface area contributed by atoms with Gasteiger partial charge in [-0.1, -0.05) is 52.5 Å². The van der Waals surface area contributed by atoms with E-state index in [4.69, 9.17) is 56.9 Å². The standard InChI is InChI=1S/C19H12Cl4N2O4S/c20-11-2-1-10(12(21)6-11)8-29-17-13(22)3-9(4-14(17)23)5-15-18(27)25(7-16(24)26)19(28)30-15/h1-6H,7-8H2,(H2,24,26)/b15-5-. The molecule has 1 saturated heterocycles. The molecule has 0 bridgehead atoms. The molecule has 30 heavy (non-hydrogen) atoms. The third-order valence-electron chi connectivity index (χ3n) is 3.89. The minimum atomic E-state index is -0.785. The molecule has 156 valence electrons. The number of carbonyl (C=O) groups excluding carboxylic acids is 3. The highest BCUT2D eigenvalue weighted by atomic mass is 35.5. The number of imide groups is 1. The summed E-state index contributed by atoms with van der Waals surface area (Å²) in [6.07, 6.45) is 1.45. The van der Waals surface area contributed by atoms with E-state index in [1.807, 2.05) is 0 Å². The normalized spacial score (nSPS) is 15.2. The summed E-state index contributed by atoms with van der Waals surface area (Å²) in [5.74, 6) is -1.16. The van der Waals surface area contributed by atoms with Crippen molar-refractivity contribution < 1.29 is 19.1 Å². The van der Waals surface area contributed by atoms with E-state index in [1.54, 1.807) is 18.2 Å². The number of primary amides is 1. The van der Waals surface area contributed by atoms with Gasteiger partial charge in [0.15, 0.2) is 5.75 Å². The molecule has 3 amide bonds. The molecule has 1 aliphatic rings. The van der Waals surface area contributed by atoms with Crippen molar-refractivity contribution in [2.24, 2.45) is 5.73 Å². The molecule has 0 spiro atoms. The maximum Gasteiger partial charge on any atom is 0.294 e. The number of carbonyl (C=O) groups is 3. The molecule has 0 aliphatic carbocycles. The van der Waals surface area contributed by atoms with Crippen LogP contribution in [0.2, 0.25) is 20.1 Å². The largest absolute Gasteiger partial charge is 0.486 e. The summed E-state index contributed by atoms with van der Waals surface area (Å²) in [6, 6.07) is 8.08. The van der Waals surface area contributed by atoms with Crippen molar-refractivity contribution in [3.05, 3.63) is 66.5 Å². The highest BCUT2D eigenvalue weighted by molar-refractivity contribution is 8.18. The van der Waals surface area contributed by atoms with Crippen molar-refractivity contribution in [3.63, 3.8) is 0 Å². The Hall–Kier alpha value is -1.90. The molecular formula is C19H12Cl4N2O4S. The van der Waals surface area contributed by atoms with E-state index in [0.717, 1.165) is 4.90 Å². The Morgan fingerprint density at radius 2 is 1.73 bits per heavy atom. The average molecular weight is 506 g/mol. The predicted octanol–water partition coefficient (Wildman–Crippen LogP) is 5.40. The van der Waals surface area contributed by atoms with Gasteiger partial charge in [-0.05, 0) is 47.7 Å². The number of nitrogens with two attached hydrogens (primary N) is 1. The van der Waals surface area contributed by atoms with Crippen LogP contribution >= 0.6 is 58.2 Å². The van der Waals surface area contributed by atoms with E-state index in [1.165, 1.54) is 18.2 Å². The van der Waals surface area contributed by atoms with Crippen molar-refractivity contribution in [1.29, 1.82) is 0 Å². The molecule has 0 atom stereocenters. The lowest BCUT2D eigenvalue weighted by atomic mass is 10.2. The molecular weight excluding hydrogens is 494 g/mol. The minimum Gasteiger partial charge on any atom is -0.486 e. The highest BCUT2D eigenvalue weighted by Crippen LogP contribution is 2.38. The molecule has 0 aromatic heterocycles. The van der Waals surface area contributed by atoms with Crippen LogP contribution in [0.5, 0.6) is 5.75 Å². The molecule has 0 unspecified atom stereocenters. The zero-order chi connectivity index (χ0) is 22.0. The lowest BCUT2D eigenvalue weighted by Crippen LogP contribution is -2.36. The van der Waals surface area contributed by atoms with Gasteiger partial charge in [-0.15, -0.1) is 0 Å². The summed E-state index contributed by atoms with van der Waals surface area (Å²) < 4.78 is 5.70. The van der Waals surface area contributed by atoms with Crippen LogP contribution < -0.4 is 10.5 Å². The molecule has 11 heteroatoms. The van der Waals surface area contributed by atoms with Gasteiger partial charge in [0, 0.05) is 15.6 Å². The number of halogens is 4. The Bertz CT molecular complexity index is 1070. The first-order chi connectivity index (χ1) is 14.2. The Balaban J connectivity index is 1.79. The number of benzene rings is 2. The molecule has 0 radical (unpaired) electrons. The van der Waals surface area contributed by atoms with Crippen LogP contribution in [0.25, 0.3) is 6.08 Å². The number of hydrogen-bond acceptors (Lipinski definition) is 5. The van der Waals surface area contributed by atoms with E-state index >= 15 is 0 Å². The lowest BCUT2D eigenvalue weighted by Gasteiger charge is -2.12. The fourth-order valence-electron chi connectivity index (χ4n) is 2.53. The Morgan fingerprint density at radius 1 is 1.07 bits per heavy atom. The van der Waals surface area contributed by atoms with Gasteiger partial charge in [0.05, 0.1) is 15.0 Å². The van der Waals surface area contributed by atoms with Crippen LogP contribution in [0.3, 0.4) is 0 Å². The summed E-state index contributed by atoms with van der Waals surface area (Å²) in [5.41, 5.74) is 6.23. The Morgan fingerprint density at radius 3 is 2.33 bits per heavy atom. The first-order valence-electron chi connectivity index (χ1n) is 8.25. The van der Waals surface area contributed by atoms with E-state index in [2.05, 4.69) is 0 Å². The van der Waals surface area contributed by atoms with Crippen LogP contribution in [-0.4, -0.2) is 28.5 Å². The van der Waals surface area contributed by atoms with Gasteiger partial charge in [-0.2, -0.15) is 0 Å². The van der Waals surface area contributed by atoms with Gasteiger partial charge in [0.1, 0.15) is 13.2 Å². The van der Waals surface area contributed by atoms with Crippen molar-refractivity contribution in [1.82, 2.24) is 4.90 Å². The molecule has 1 fully saturated rings. The zero-order valence-electron chi connectivity index (χ0n) is 15.0. The minimum absolute atomic E-state index is 0.112. The zero-order valence-corrected chi connectivity index (χ0v) is 18.8.